The molecule has 2 unspecified atom stereocenters. The zero-order valence-electron chi connectivity index (χ0n) is 14.3. The van der Waals surface area contributed by atoms with Crippen molar-refractivity contribution in [1.82, 2.24) is 10.2 Å². The van der Waals surface area contributed by atoms with Crippen molar-refractivity contribution in [1.29, 1.82) is 0 Å². The molecule has 1 aliphatic heterocycles. The number of carbonyl (C=O) groups is 1. The summed E-state index contributed by atoms with van der Waals surface area (Å²) in [6.07, 6.45) is 4.23. The van der Waals surface area contributed by atoms with E-state index in [4.69, 9.17) is 0 Å². The number of hydrogen-bond donors (Lipinski definition) is 1. The predicted molar refractivity (Wildman–Crippen MR) is 97.9 cm³/mol. The molecule has 1 fully saturated rings. The molecular weight excluding hydrogens is 296 g/mol. The highest BCUT2D eigenvalue weighted by atomic mass is 16.2. The zero-order valence-corrected chi connectivity index (χ0v) is 14.3. The fraction of sp³-hybridized carbons (Fsp3) is 0.381. The number of nitrogens with zero attached hydrogens (tertiary/aromatic N) is 1. The van der Waals surface area contributed by atoms with E-state index >= 15 is 0 Å². The van der Waals surface area contributed by atoms with Gasteiger partial charge in [-0.05, 0) is 43.7 Å². The largest absolute Gasteiger partial charge is 0.331 e. The van der Waals surface area contributed by atoms with Crippen LogP contribution in [-0.4, -0.2) is 23.5 Å². The smallest absolute Gasteiger partial charge is 0.318 e. The first-order valence-corrected chi connectivity index (χ1v) is 8.90. The van der Waals surface area contributed by atoms with Crippen molar-refractivity contribution >= 4 is 6.03 Å². The Kier molecular flexibility index (Phi) is 5.52. The number of rotatable bonds is 4. The van der Waals surface area contributed by atoms with Gasteiger partial charge in [0.15, 0.2) is 0 Å². The second-order valence-electron chi connectivity index (χ2n) is 6.64. The first-order chi connectivity index (χ1) is 11.7. The number of amides is 2. The Hall–Kier alpha value is -2.29. The van der Waals surface area contributed by atoms with Gasteiger partial charge in [0.2, 0.25) is 0 Å². The Balaban J connectivity index is 1.75. The summed E-state index contributed by atoms with van der Waals surface area (Å²) in [5, 5.41) is 3.27. The molecule has 2 amide bonds. The van der Waals surface area contributed by atoms with Crippen molar-refractivity contribution in [2.24, 2.45) is 0 Å². The summed E-state index contributed by atoms with van der Waals surface area (Å²) >= 11 is 0. The third kappa shape index (κ3) is 4.16. The van der Waals surface area contributed by atoms with Crippen molar-refractivity contribution in [2.75, 3.05) is 6.54 Å². The third-order valence-corrected chi connectivity index (χ3v) is 4.85. The molecule has 1 saturated heterocycles. The zero-order chi connectivity index (χ0) is 16.8. The third-order valence-electron chi connectivity index (χ3n) is 4.85. The fourth-order valence-corrected chi connectivity index (χ4v) is 3.42. The van der Waals surface area contributed by atoms with E-state index in [9.17, 15) is 4.79 Å². The number of likely N-dealkylation sites (tertiary alicyclic amines) is 1. The first kappa shape index (κ1) is 16.6. The van der Waals surface area contributed by atoms with Gasteiger partial charge in [-0.3, -0.25) is 0 Å². The Bertz CT molecular complexity index is 641. The van der Waals surface area contributed by atoms with Crippen LogP contribution < -0.4 is 5.32 Å². The standard InChI is InChI=1S/C21H26N2O/c1-17-10-8-9-15-23(17)21(24)22-20(19-13-6-3-7-14-19)16-18-11-4-2-5-12-18/h2-7,11-14,17,20H,8-10,15-16H2,1H3,(H,22,24). The lowest BCUT2D eigenvalue weighted by Crippen LogP contribution is -2.48. The van der Waals surface area contributed by atoms with Crippen LogP contribution in [0.1, 0.15) is 43.4 Å². The summed E-state index contributed by atoms with van der Waals surface area (Å²) in [6.45, 7) is 3.01. The molecule has 0 bridgehead atoms. The molecule has 3 heteroatoms. The molecule has 1 heterocycles. The van der Waals surface area contributed by atoms with Crippen LogP contribution in [0.15, 0.2) is 60.7 Å². The Morgan fingerprint density at radius 1 is 1.08 bits per heavy atom. The lowest BCUT2D eigenvalue weighted by atomic mass is 9.98. The summed E-state index contributed by atoms with van der Waals surface area (Å²) in [6, 6.07) is 21.0. The summed E-state index contributed by atoms with van der Waals surface area (Å²) in [5.74, 6) is 0. The highest BCUT2D eigenvalue weighted by Gasteiger charge is 2.25. The SMILES string of the molecule is CC1CCCCN1C(=O)NC(Cc1ccccc1)c1ccccc1. The summed E-state index contributed by atoms with van der Waals surface area (Å²) < 4.78 is 0. The topological polar surface area (TPSA) is 32.3 Å². The number of urea groups is 1. The van der Waals surface area contributed by atoms with Gasteiger partial charge in [0.05, 0.1) is 6.04 Å². The highest BCUT2D eigenvalue weighted by molar-refractivity contribution is 5.75. The summed E-state index contributed by atoms with van der Waals surface area (Å²) in [4.78, 5) is 14.8. The van der Waals surface area contributed by atoms with Gasteiger partial charge < -0.3 is 10.2 Å². The maximum atomic E-state index is 12.8. The molecule has 0 spiro atoms. The van der Waals surface area contributed by atoms with E-state index in [1.54, 1.807) is 0 Å². The first-order valence-electron chi connectivity index (χ1n) is 8.90. The molecule has 0 saturated carbocycles. The molecule has 2 aromatic rings. The number of hydrogen-bond acceptors (Lipinski definition) is 1. The number of benzene rings is 2. The number of carbonyl (C=O) groups excluding carboxylic acids is 1. The average molecular weight is 322 g/mol. The maximum absolute atomic E-state index is 12.8. The van der Waals surface area contributed by atoms with E-state index in [1.165, 1.54) is 12.0 Å². The van der Waals surface area contributed by atoms with E-state index in [0.717, 1.165) is 31.4 Å². The second-order valence-corrected chi connectivity index (χ2v) is 6.64. The average Bonchev–Trinajstić information content (AvgIpc) is 2.63. The normalized spacial score (nSPS) is 18.9. The molecule has 2 aromatic carbocycles. The van der Waals surface area contributed by atoms with Gasteiger partial charge in [-0.2, -0.15) is 0 Å². The molecule has 0 radical (unpaired) electrons. The van der Waals surface area contributed by atoms with Gasteiger partial charge in [0.1, 0.15) is 0 Å². The van der Waals surface area contributed by atoms with Crippen LogP contribution in [0.2, 0.25) is 0 Å². The van der Waals surface area contributed by atoms with Crippen molar-refractivity contribution in [2.45, 2.75) is 44.7 Å². The Morgan fingerprint density at radius 3 is 2.42 bits per heavy atom. The van der Waals surface area contributed by atoms with Crippen LogP contribution in [0.5, 0.6) is 0 Å². The molecule has 3 nitrogen and oxygen atoms in total. The van der Waals surface area contributed by atoms with E-state index in [2.05, 4.69) is 36.5 Å². The minimum atomic E-state index is -0.00442. The van der Waals surface area contributed by atoms with Crippen LogP contribution in [-0.2, 0) is 6.42 Å². The quantitative estimate of drug-likeness (QED) is 0.879. The predicted octanol–water partition coefficient (Wildman–Crippen LogP) is 4.55. The van der Waals surface area contributed by atoms with Crippen LogP contribution >= 0.6 is 0 Å². The van der Waals surface area contributed by atoms with E-state index < -0.39 is 0 Å². The minimum absolute atomic E-state index is 0.00442. The molecule has 24 heavy (non-hydrogen) atoms. The lowest BCUT2D eigenvalue weighted by Gasteiger charge is -2.35. The van der Waals surface area contributed by atoms with Crippen LogP contribution in [0.3, 0.4) is 0 Å². The van der Waals surface area contributed by atoms with Gasteiger partial charge >= 0.3 is 6.03 Å². The molecule has 0 aromatic heterocycles. The molecule has 3 rings (SSSR count). The van der Waals surface area contributed by atoms with Crippen molar-refractivity contribution in [3.63, 3.8) is 0 Å². The summed E-state index contributed by atoms with van der Waals surface area (Å²) in [7, 11) is 0. The van der Waals surface area contributed by atoms with Crippen molar-refractivity contribution in [3.05, 3.63) is 71.8 Å². The van der Waals surface area contributed by atoms with Gasteiger partial charge in [-0.1, -0.05) is 60.7 Å². The van der Waals surface area contributed by atoms with Gasteiger partial charge in [0, 0.05) is 12.6 Å². The van der Waals surface area contributed by atoms with Crippen molar-refractivity contribution < 1.29 is 4.79 Å². The number of piperidine rings is 1. The molecular formula is C21H26N2O. The minimum Gasteiger partial charge on any atom is -0.331 e. The monoisotopic (exact) mass is 322 g/mol. The summed E-state index contributed by atoms with van der Waals surface area (Å²) in [5.41, 5.74) is 2.39. The van der Waals surface area contributed by atoms with Crippen molar-refractivity contribution in [3.8, 4) is 0 Å². The number of nitrogens with one attached hydrogen (secondary N) is 1. The second kappa shape index (κ2) is 8.00. The maximum Gasteiger partial charge on any atom is 0.318 e. The van der Waals surface area contributed by atoms with E-state index in [0.29, 0.717) is 6.04 Å². The molecule has 2 atom stereocenters. The highest BCUT2D eigenvalue weighted by Crippen LogP contribution is 2.21. The van der Waals surface area contributed by atoms with Crippen LogP contribution in [0, 0.1) is 0 Å². The molecule has 1 N–H and O–H groups in total. The van der Waals surface area contributed by atoms with Crippen LogP contribution in [0.25, 0.3) is 0 Å². The van der Waals surface area contributed by atoms with E-state index in [-0.39, 0.29) is 12.1 Å². The van der Waals surface area contributed by atoms with Gasteiger partial charge in [-0.15, -0.1) is 0 Å². The fourth-order valence-electron chi connectivity index (χ4n) is 3.42. The molecule has 126 valence electrons. The molecule has 0 aliphatic carbocycles. The Labute approximate surface area is 144 Å². The van der Waals surface area contributed by atoms with Gasteiger partial charge in [-0.25, -0.2) is 4.79 Å². The lowest BCUT2D eigenvalue weighted by molar-refractivity contribution is 0.155. The van der Waals surface area contributed by atoms with Gasteiger partial charge in [0.25, 0.3) is 0 Å². The molecule has 1 aliphatic rings. The van der Waals surface area contributed by atoms with Crippen LogP contribution in [0.4, 0.5) is 4.79 Å². The Morgan fingerprint density at radius 2 is 1.75 bits per heavy atom. The van der Waals surface area contributed by atoms with E-state index in [1.807, 2.05) is 41.3 Å².